The third-order valence-corrected chi connectivity index (χ3v) is 4.78. The zero-order chi connectivity index (χ0) is 17.9. The number of carbonyl (C=O) groups is 1. The van der Waals surface area contributed by atoms with Gasteiger partial charge < -0.3 is 14.3 Å². The van der Waals surface area contributed by atoms with Crippen LogP contribution in [-0.4, -0.2) is 20.0 Å². The molecule has 0 aliphatic carbocycles. The number of aryl methyl sites for hydroxylation is 3. The molecule has 7 nitrogen and oxygen atoms in total. The van der Waals surface area contributed by atoms with Crippen LogP contribution in [0.15, 0.2) is 39.7 Å². The third-order valence-electron chi connectivity index (χ3n) is 4.78. The van der Waals surface area contributed by atoms with Crippen molar-refractivity contribution >= 4 is 17.0 Å². The molecule has 7 heteroatoms. The highest BCUT2D eigenvalue weighted by molar-refractivity contribution is 5.76. The number of nitrogens with one attached hydrogen (secondary N) is 1. The molecule has 1 aliphatic rings. The first-order chi connectivity index (χ1) is 12.7. The number of rotatable bonds is 6. The Bertz CT molecular complexity index is 959. The second-order valence-electron chi connectivity index (χ2n) is 6.67. The van der Waals surface area contributed by atoms with Crippen molar-refractivity contribution in [1.29, 1.82) is 0 Å². The first-order valence-corrected chi connectivity index (χ1v) is 9.11. The topological polar surface area (TPSA) is 82.1 Å². The summed E-state index contributed by atoms with van der Waals surface area (Å²) in [5.74, 6) is 0.707. The highest BCUT2D eigenvalue weighted by atomic mass is 16.4. The summed E-state index contributed by atoms with van der Waals surface area (Å²) in [5, 5.41) is 2.91. The van der Waals surface area contributed by atoms with Gasteiger partial charge in [0.05, 0.1) is 17.8 Å². The van der Waals surface area contributed by atoms with Crippen LogP contribution in [0.1, 0.15) is 37.2 Å². The molecule has 136 valence electrons. The second kappa shape index (κ2) is 7.19. The molecular weight excluding hydrogens is 332 g/mol. The maximum Gasteiger partial charge on any atom is 0.419 e. The fourth-order valence-electron chi connectivity index (χ4n) is 3.46. The summed E-state index contributed by atoms with van der Waals surface area (Å²) in [6.07, 6.45) is 6.36. The number of hydrogen-bond donors (Lipinski definition) is 1. The highest BCUT2D eigenvalue weighted by Gasteiger charge is 2.13. The minimum absolute atomic E-state index is 0.0307. The molecule has 0 atom stereocenters. The predicted molar refractivity (Wildman–Crippen MR) is 96.7 cm³/mol. The largest absolute Gasteiger partial charge is 0.419 e. The van der Waals surface area contributed by atoms with Crippen molar-refractivity contribution in [2.75, 3.05) is 0 Å². The Morgan fingerprint density at radius 1 is 1.27 bits per heavy atom. The van der Waals surface area contributed by atoms with Gasteiger partial charge in [0.2, 0.25) is 5.91 Å². The number of para-hydroxylation sites is 2. The van der Waals surface area contributed by atoms with Crippen LogP contribution in [0.5, 0.6) is 0 Å². The monoisotopic (exact) mass is 354 g/mol. The molecule has 1 amide bonds. The lowest BCUT2D eigenvalue weighted by Gasteiger charge is -2.11. The summed E-state index contributed by atoms with van der Waals surface area (Å²) >= 11 is 0. The Balaban J connectivity index is 1.28. The van der Waals surface area contributed by atoms with Crippen molar-refractivity contribution in [3.8, 4) is 0 Å². The molecule has 4 rings (SSSR count). The number of fused-ring (bicyclic) bond motifs is 2. The number of carbonyl (C=O) groups excluding carboxylic acids is 1. The smallest absolute Gasteiger partial charge is 0.408 e. The summed E-state index contributed by atoms with van der Waals surface area (Å²) < 4.78 is 8.96. The van der Waals surface area contributed by atoms with Crippen LogP contribution >= 0.6 is 0 Å². The Kier molecular flexibility index (Phi) is 4.60. The van der Waals surface area contributed by atoms with E-state index in [4.69, 9.17) is 4.42 Å². The van der Waals surface area contributed by atoms with E-state index in [1.807, 2.05) is 24.4 Å². The van der Waals surface area contributed by atoms with Crippen LogP contribution in [0.4, 0.5) is 0 Å². The average molecular weight is 354 g/mol. The van der Waals surface area contributed by atoms with Crippen molar-refractivity contribution < 1.29 is 9.21 Å². The van der Waals surface area contributed by atoms with E-state index in [9.17, 15) is 9.59 Å². The van der Waals surface area contributed by atoms with Gasteiger partial charge >= 0.3 is 5.76 Å². The lowest BCUT2D eigenvalue weighted by atomic mass is 10.2. The summed E-state index contributed by atoms with van der Waals surface area (Å²) in [5.41, 5.74) is 2.25. The van der Waals surface area contributed by atoms with Gasteiger partial charge in [-0.15, -0.1) is 0 Å². The molecule has 3 aromatic rings. The second-order valence-corrected chi connectivity index (χ2v) is 6.67. The molecule has 0 fully saturated rings. The quantitative estimate of drug-likeness (QED) is 0.736. The molecular formula is C19H22N4O3. The highest BCUT2D eigenvalue weighted by Crippen LogP contribution is 2.15. The number of imidazole rings is 1. The van der Waals surface area contributed by atoms with Crippen molar-refractivity contribution in [2.24, 2.45) is 0 Å². The molecule has 0 saturated heterocycles. The number of hydrogen-bond acceptors (Lipinski definition) is 4. The van der Waals surface area contributed by atoms with Crippen LogP contribution in [0.3, 0.4) is 0 Å². The summed E-state index contributed by atoms with van der Waals surface area (Å²) in [6, 6.07) is 7.31. The van der Waals surface area contributed by atoms with Crippen LogP contribution in [0.25, 0.3) is 11.1 Å². The molecule has 0 radical (unpaired) electrons. The van der Waals surface area contributed by atoms with E-state index in [2.05, 4.69) is 14.9 Å². The molecule has 0 saturated carbocycles. The fourth-order valence-corrected chi connectivity index (χ4v) is 3.46. The Hall–Kier alpha value is -2.83. The maximum atomic E-state index is 12.1. The van der Waals surface area contributed by atoms with Gasteiger partial charge in [0, 0.05) is 32.1 Å². The van der Waals surface area contributed by atoms with E-state index in [1.165, 1.54) is 12.8 Å². The minimum atomic E-state index is -0.379. The van der Waals surface area contributed by atoms with Gasteiger partial charge in [-0.25, -0.2) is 9.78 Å². The number of aromatic nitrogens is 3. The van der Waals surface area contributed by atoms with E-state index in [0.717, 1.165) is 30.0 Å². The fraction of sp³-hybridized carbons (Fsp3) is 0.421. The standard InChI is InChI=1S/C19H22N4O3/c24-18(20-12-14-13-22-10-4-3-8-17(22)21-14)9-5-11-23-15-6-1-2-7-16(15)26-19(23)25/h1-2,6-7,13H,3-5,8-12H2,(H,20,24). The van der Waals surface area contributed by atoms with Gasteiger partial charge in [0.1, 0.15) is 5.82 Å². The van der Waals surface area contributed by atoms with Gasteiger partial charge in [-0.2, -0.15) is 0 Å². The van der Waals surface area contributed by atoms with Crippen molar-refractivity contribution in [2.45, 2.75) is 51.7 Å². The SMILES string of the molecule is O=C(CCCn1c(=O)oc2ccccc21)NCc1cn2c(n1)CCCC2. The Morgan fingerprint density at radius 3 is 3.04 bits per heavy atom. The number of nitrogens with zero attached hydrogens (tertiary/aromatic N) is 3. The normalized spacial score (nSPS) is 13.7. The maximum absolute atomic E-state index is 12.1. The van der Waals surface area contributed by atoms with Crippen molar-refractivity contribution in [1.82, 2.24) is 19.4 Å². The molecule has 0 unspecified atom stereocenters. The molecule has 1 aliphatic heterocycles. The Labute approximate surface area is 150 Å². The third kappa shape index (κ3) is 3.42. The number of benzene rings is 1. The predicted octanol–water partition coefficient (Wildman–Crippen LogP) is 2.22. The van der Waals surface area contributed by atoms with Crippen molar-refractivity contribution in [3.05, 3.63) is 52.5 Å². The zero-order valence-corrected chi connectivity index (χ0v) is 14.6. The van der Waals surface area contributed by atoms with E-state index in [1.54, 1.807) is 10.6 Å². The molecule has 26 heavy (non-hydrogen) atoms. The minimum Gasteiger partial charge on any atom is -0.408 e. The van der Waals surface area contributed by atoms with Gasteiger partial charge in [0.15, 0.2) is 5.58 Å². The van der Waals surface area contributed by atoms with Crippen molar-refractivity contribution in [3.63, 3.8) is 0 Å². The van der Waals surface area contributed by atoms with Gasteiger partial charge in [-0.1, -0.05) is 12.1 Å². The van der Waals surface area contributed by atoms with Gasteiger partial charge in [-0.05, 0) is 31.4 Å². The summed E-state index contributed by atoms with van der Waals surface area (Å²) in [7, 11) is 0. The first-order valence-electron chi connectivity index (χ1n) is 9.11. The van der Waals surface area contributed by atoms with Gasteiger partial charge in [0.25, 0.3) is 0 Å². The van der Waals surface area contributed by atoms with E-state index in [-0.39, 0.29) is 11.7 Å². The summed E-state index contributed by atoms with van der Waals surface area (Å²) in [6.45, 7) is 1.93. The average Bonchev–Trinajstić information content (AvgIpc) is 3.20. The van der Waals surface area contributed by atoms with Gasteiger partial charge in [-0.3, -0.25) is 9.36 Å². The molecule has 0 spiro atoms. The van der Waals surface area contributed by atoms with E-state index < -0.39 is 0 Å². The van der Waals surface area contributed by atoms with Crippen LogP contribution in [0.2, 0.25) is 0 Å². The lowest BCUT2D eigenvalue weighted by Crippen LogP contribution is -2.23. The van der Waals surface area contributed by atoms with E-state index in [0.29, 0.717) is 31.5 Å². The van der Waals surface area contributed by atoms with Crippen LogP contribution in [-0.2, 0) is 30.8 Å². The zero-order valence-electron chi connectivity index (χ0n) is 14.6. The molecule has 1 N–H and O–H groups in total. The molecule has 0 bridgehead atoms. The van der Waals surface area contributed by atoms with Crippen LogP contribution < -0.4 is 11.1 Å². The van der Waals surface area contributed by atoms with E-state index >= 15 is 0 Å². The molecule has 3 heterocycles. The number of oxazole rings is 1. The van der Waals surface area contributed by atoms with Crippen LogP contribution in [0, 0.1) is 0 Å². The summed E-state index contributed by atoms with van der Waals surface area (Å²) in [4.78, 5) is 28.6. The molecule has 1 aromatic carbocycles. The number of amides is 1. The molecule has 2 aromatic heterocycles. The Morgan fingerprint density at radius 2 is 2.15 bits per heavy atom. The first kappa shape index (κ1) is 16.6. The lowest BCUT2D eigenvalue weighted by molar-refractivity contribution is -0.121.